The standard InChI is InChI=1S/2C2H6.CH2O2.CH2OS/c2*1-2;2*2-1-3/h2*1-2H3;2*1H,(H,2,3). The zero-order valence-electron chi connectivity index (χ0n) is 6.87. The van der Waals surface area contributed by atoms with Gasteiger partial charge in [-0.25, -0.2) is 0 Å². The molecule has 0 aliphatic carbocycles. The first-order chi connectivity index (χ1) is 4.83. The van der Waals surface area contributed by atoms with E-state index in [1.165, 1.54) is 0 Å². The highest BCUT2D eigenvalue weighted by Crippen LogP contribution is 1.39. The van der Waals surface area contributed by atoms with Crippen LogP contribution in [0.3, 0.4) is 0 Å². The van der Waals surface area contributed by atoms with Crippen molar-refractivity contribution < 1.29 is 14.7 Å². The molecule has 10 heavy (non-hydrogen) atoms. The summed E-state index contributed by atoms with van der Waals surface area (Å²) in [4.78, 5) is 17.0. The third-order valence-electron chi connectivity index (χ3n) is 0. The summed E-state index contributed by atoms with van der Waals surface area (Å²) >= 11 is 3.11. The number of carbonyl (C=O) groups is 2. The highest BCUT2D eigenvalue weighted by Gasteiger charge is 1.24. The molecule has 64 valence electrons. The van der Waals surface area contributed by atoms with Crippen molar-refractivity contribution in [1.29, 1.82) is 0 Å². The molecule has 0 atom stereocenters. The molecule has 1 N–H and O–H groups in total. The van der Waals surface area contributed by atoms with Crippen molar-refractivity contribution in [3.63, 3.8) is 0 Å². The fourth-order valence-electron chi connectivity index (χ4n) is 0. The van der Waals surface area contributed by atoms with Gasteiger partial charge in [-0.15, -0.1) is 12.6 Å². The summed E-state index contributed by atoms with van der Waals surface area (Å²) in [6, 6.07) is 0. The third kappa shape index (κ3) is 1210. The van der Waals surface area contributed by atoms with Gasteiger partial charge in [0.05, 0.1) is 0 Å². The Bertz CT molecular complexity index is 34.0. The van der Waals surface area contributed by atoms with Crippen LogP contribution in [0, 0.1) is 0 Å². The molecule has 0 saturated heterocycles. The fourth-order valence-corrected chi connectivity index (χ4v) is 0. The lowest BCUT2D eigenvalue weighted by atomic mass is 11.0. The van der Waals surface area contributed by atoms with Gasteiger partial charge in [0.1, 0.15) is 0 Å². The highest BCUT2D eigenvalue weighted by atomic mass is 32.1. The summed E-state index contributed by atoms with van der Waals surface area (Å²) in [5.74, 6) is 0. The molecular formula is C6H16O3S. The van der Waals surface area contributed by atoms with Crippen molar-refractivity contribution in [3.05, 3.63) is 0 Å². The molecule has 0 radical (unpaired) electrons. The molecule has 0 aliphatic rings. The minimum atomic E-state index is -0.250. The Morgan fingerprint density at radius 2 is 1.10 bits per heavy atom. The number of thiol groups is 1. The fraction of sp³-hybridized carbons (Fsp3) is 0.667. The van der Waals surface area contributed by atoms with Crippen LogP contribution >= 0.6 is 12.6 Å². The van der Waals surface area contributed by atoms with Crippen molar-refractivity contribution in [2.24, 2.45) is 0 Å². The molecule has 0 aromatic heterocycles. The van der Waals surface area contributed by atoms with Gasteiger partial charge >= 0.3 is 0 Å². The zero-order valence-corrected chi connectivity index (χ0v) is 7.76. The van der Waals surface area contributed by atoms with Crippen molar-refractivity contribution >= 4 is 24.7 Å². The van der Waals surface area contributed by atoms with Gasteiger partial charge < -0.3 is 5.11 Å². The van der Waals surface area contributed by atoms with E-state index < -0.39 is 0 Å². The second kappa shape index (κ2) is 215. The molecule has 0 saturated carbocycles. The van der Waals surface area contributed by atoms with E-state index in [1.807, 2.05) is 27.7 Å². The van der Waals surface area contributed by atoms with Crippen molar-refractivity contribution in [2.45, 2.75) is 27.7 Å². The summed E-state index contributed by atoms with van der Waals surface area (Å²) in [6.07, 6.45) is 0. The average Bonchev–Trinajstić information content (AvgIpc) is 1.99. The van der Waals surface area contributed by atoms with Crippen molar-refractivity contribution in [2.75, 3.05) is 0 Å². The lowest BCUT2D eigenvalue weighted by Crippen LogP contribution is -1.49. The summed E-state index contributed by atoms with van der Waals surface area (Å²) < 4.78 is 0. The number of rotatable bonds is 0. The molecule has 0 rings (SSSR count). The van der Waals surface area contributed by atoms with Gasteiger partial charge in [0.15, 0.2) is 5.62 Å². The van der Waals surface area contributed by atoms with E-state index in [2.05, 4.69) is 12.6 Å². The lowest BCUT2D eigenvalue weighted by Gasteiger charge is -1.34. The lowest BCUT2D eigenvalue weighted by molar-refractivity contribution is -0.122. The van der Waals surface area contributed by atoms with Gasteiger partial charge in [0.2, 0.25) is 0 Å². The van der Waals surface area contributed by atoms with Crippen LogP contribution in [0.2, 0.25) is 0 Å². The molecule has 4 heteroatoms. The monoisotopic (exact) mass is 168 g/mol. The van der Waals surface area contributed by atoms with Gasteiger partial charge in [-0.2, -0.15) is 0 Å². The van der Waals surface area contributed by atoms with Crippen LogP contribution in [0.15, 0.2) is 0 Å². The maximum atomic E-state index is 8.67. The molecule has 0 spiro atoms. The van der Waals surface area contributed by atoms with Crippen LogP contribution in [0.25, 0.3) is 0 Å². The maximum absolute atomic E-state index is 8.67. The first-order valence-electron chi connectivity index (χ1n) is 2.99. The minimum absolute atomic E-state index is 0.250. The van der Waals surface area contributed by atoms with Crippen LogP contribution < -0.4 is 0 Å². The Labute approximate surface area is 67.9 Å². The van der Waals surface area contributed by atoms with E-state index in [0.717, 1.165) is 0 Å². The Hall–Kier alpha value is -0.510. The maximum Gasteiger partial charge on any atom is 0.290 e. The number of hydrogen-bond donors (Lipinski definition) is 2. The number of hydrogen-bond acceptors (Lipinski definition) is 2. The molecule has 3 nitrogen and oxygen atoms in total. The van der Waals surface area contributed by atoms with E-state index in [9.17, 15) is 0 Å². The SMILES string of the molecule is CC.CC.O=CO.O=CS. The second-order valence-corrected chi connectivity index (χ2v) is 0.422. The summed E-state index contributed by atoms with van der Waals surface area (Å²) in [5, 5.41) is 6.89. The molecular weight excluding hydrogens is 152 g/mol. The number of carbonyl (C=O) groups excluding carboxylic acids is 1. The normalized spacial score (nSPS) is 3.70. The average molecular weight is 168 g/mol. The second-order valence-electron chi connectivity index (χ2n) is 0.211. The van der Waals surface area contributed by atoms with E-state index in [1.54, 1.807) is 0 Å². The Kier molecular flexibility index (Phi) is 487. The predicted octanol–water partition coefficient (Wildman–Crippen LogP) is 1.86. The summed E-state index contributed by atoms with van der Waals surface area (Å²) in [6.45, 7) is 7.75. The Morgan fingerprint density at radius 1 is 1.10 bits per heavy atom. The minimum Gasteiger partial charge on any atom is -0.483 e. The van der Waals surface area contributed by atoms with E-state index in [0.29, 0.717) is 5.62 Å². The third-order valence-corrected chi connectivity index (χ3v) is 0. The molecule has 0 bridgehead atoms. The van der Waals surface area contributed by atoms with Crippen LogP contribution in [-0.2, 0) is 9.59 Å². The van der Waals surface area contributed by atoms with Gasteiger partial charge in [-0.3, -0.25) is 9.59 Å². The predicted molar refractivity (Wildman–Crippen MR) is 47.1 cm³/mol. The van der Waals surface area contributed by atoms with Crippen molar-refractivity contribution in [3.8, 4) is 0 Å². The van der Waals surface area contributed by atoms with Gasteiger partial charge in [-0.1, -0.05) is 27.7 Å². The van der Waals surface area contributed by atoms with E-state index >= 15 is 0 Å². The Balaban J connectivity index is -0.0000000246. The smallest absolute Gasteiger partial charge is 0.290 e. The van der Waals surface area contributed by atoms with Crippen LogP contribution in [0.5, 0.6) is 0 Å². The highest BCUT2D eigenvalue weighted by molar-refractivity contribution is 7.94. The first kappa shape index (κ1) is 22.7. The van der Waals surface area contributed by atoms with Gasteiger partial charge in [-0.05, 0) is 0 Å². The molecule has 0 aromatic carbocycles. The quantitative estimate of drug-likeness (QED) is 0.429. The van der Waals surface area contributed by atoms with Gasteiger partial charge in [0, 0.05) is 0 Å². The zero-order chi connectivity index (χ0) is 9.41. The van der Waals surface area contributed by atoms with Crippen molar-refractivity contribution in [1.82, 2.24) is 0 Å². The molecule has 0 unspecified atom stereocenters. The van der Waals surface area contributed by atoms with Gasteiger partial charge in [0.25, 0.3) is 6.47 Å². The molecule has 0 fully saturated rings. The molecule has 0 aliphatic heterocycles. The molecule has 0 heterocycles. The number of carboxylic acid groups (broad SMARTS) is 1. The van der Waals surface area contributed by atoms with Crippen LogP contribution in [0.4, 0.5) is 0 Å². The van der Waals surface area contributed by atoms with Crippen LogP contribution in [0.1, 0.15) is 27.7 Å². The summed E-state index contributed by atoms with van der Waals surface area (Å²) in [5.41, 5.74) is 0.444. The first-order valence-corrected chi connectivity index (χ1v) is 3.50. The van der Waals surface area contributed by atoms with E-state index in [-0.39, 0.29) is 6.47 Å². The van der Waals surface area contributed by atoms with Crippen LogP contribution in [-0.4, -0.2) is 17.2 Å². The molecule has 0 amide bonds. The molecule has 0 aromatic rings. The summed E-state index contributed by atoms with van der Waals surface area (Å²) in [7, 11) is 0. The Morgan fingerprint density at radius 3 is 1.10 bits per heavy atom. The largest absolute Gasteiger partial charge is 0.483 e. The van der Waals surface area contributed by atoms with E-state index in [4.69, 9.17) is 14.7 Å². The topological polar surface area (TPSA) is 54.4 Å².